The first-order valence-corrected chi connectivity index (χ1v) is 24.9. The molecule has 1 spiro atoms. The van der Waals surface area contributed by atoms with Gasteiger partial charge in [-0.1, -0.05) is 158 Å². The smallest absolute Gasteiger partial charge is 0.0468 e. The van der Waals surface area contributed by atoms with Gasteiger partial charge in [0.25, 0.3) is 0 Å². The highest BCUT2D eigenvalue weighted by Gasteiger charge is 2.61. The summed E-state index contributed by atoms with van der Waals surface area (Å²) < 4.78 is 2.65. The maximum atomic E-state index is 2.64. The number of hydrogen-bond acceptors (Lipinski definition) is 2. The number of anilines is 3. The fraction of sp³-hybridized carbons (Fsp3) is 0.156. The Hall–Kier alpha value is -7.00. The zero-order valence-electron chi connectivity index (χ0n) is 36.9. The van der Waals surface area contributed by atoms with Crippen molar-refractivity contribution in [2.75, 3.05) is 4.90 Å². The van der Waals surface area contributed by atoms with Crippen LogP contribution in [0.4, 0.5) is 17.1 Å². The molecule has 1 nitrogen and oxygen atoms in total. The lowest BCUT2D eigenvalue weighted by Gasteiger charge is -2.61. The molecule has 0 radical (unpaired) electrons. The van der Waals surface area contributed by atoms with Crippen molar-refractivity contribution in [1.29, 1.82) is 0 Å². The molecule has 0 N–H and O–H groups in total. The van der Waals surface area contributed by atoms with E-state index in [0.717, 1.165) is 40.7 Å². The predicted octanol–water partition coefficient (Wildman–Crippen LogP) is 17.9. The average Bonchev–Trinajstić information content (AvgIpc) is 3.89. The molecular formula is C64H49NS. The zero-order chi connectivity index (χ0) is 43.3. The number of benzene rings is 9. The molecule has 9 aromatic carbocycles. The standard InChI is InChI=1S/C64H49NS/c1-4-12-43(13-5-1)44-20-24-51(25-21-44)65(52-26-30-54(45-14-6-2-7-15-45)58(39-52)46-16-8-3-9-17-46)53-27-31-62-59(40-53)57-29-23-48(38-63(57)66-62)47-22-28-56-55-18-10-11-19-60(55)64(61(56)37-47)49-33-41-32-42(35-49)36-50(64)34-41/h1-31,37-42,49-50H,32-36H2. The molecule has 0 unspecified atom stereocenters. The van der Waals surface area contributed by atoms with Crippen LogP contribution < -0.4 is 4.90 Å². The van der Waals surface area contributed by atoms with Crippen LogP contribution in [0.1, 0.15) is 43.2 Å². The fourth-order valence-corrected chi connectivity index (χ4v) is 14.8. The highest BCUT2D eigenvalue weighted by Crippen LogP contribution is 2.69. The maximum Gasteiger partial charge on any atom is 0.0468 e. The summed E-state index contributed by atoms with van der Waals surface area (Å²) in [6.45, 7) is 0. The molecule has 66 heavy (non-hydrogen) atoms. The Labute approximate surface area is 391 Å². The summed E-state index contributed by atoms with van der Waals surface area (Å²) in [5.74, 6) is 3.40. The van der Waals surface area contributed by atoms with Gasteiger partial charge < -0.3 is 4.90 Å². The van der Waals surface area contributed by atoms with Crippen molar-refractivity contribution in [2.24, 2.45) is 23.7 Å². The zero-order valence-corrected chi connectivity index (χ0v) is 37.7. The number of nitrogens with zero attached hydrogens (tertiary/aromatic N) is 1. The summed E-state index contributed by atoms with van der Waals surface area (Å²) in [5, 5.41) is 2.61. The third-order valence-electron chi connectivity index (χ3n) is 16.3. The summed E-state index contributed by atoms with van der Waals surface area (Å²) in [5.41, 5.74) is 19.7. The van der Waals surface area contributed by atoms with Gasteiger partial charge in [-0.2, -0.15) is 0 Å². The largest absolute Gasteiger partial charge is 0.310 e. The number of rotatable bonds is 7. The van der Waals surface area contributed by atoms with E-state index in [1.165, 1.54) is 108 Å². The number of thiophene rings is 1. The highest BCUT2D eigenvalue weighted by molar-refractivity contribution is 7.25. The van der Waals surface area contributed by atoms with E-state index in [-0.39, 0.29) is 5.41 Å². The monoisotopic (exact) mass is 863 g/mol. The SMILES string of the molecule is c1ccc(-c2ccc(N(c3ccc(-c4ccccc4)c(-c4ccccc4)c3)c3ccc4sc5cc(-c6ccc7c(c6)C6(c8ccccc8-7)C7CC8CC(C7)CC6C8)ccc5c4c3)cc2)cc1. The van der Waals surface area contributed by atoms with E-state index in [2.05, 4.69) is 217 Å². The molecule has 0 saturated heterocycles. The quantitative estimate of drug-likeness (QED) is 0.154. The minimum absolute atomic E-state index is 0.172. The first kappa shape index (κ1) is 38.3. The lowest BCUT2D eigenvalue weighted by Crippen LogP contribution is -2.55. The molecule has 1 aromatic heterocycles. The van der Waals surface area contributed by atoms with E-state index in [1.807, 2.05) is 11.3 Å². The molecule has 10 aromatic rings. The minimum atomic E-state index is 0.172. The van der Waals surface area contributed by atoms with Gasteiger partial charge in [-0.3, -0.25) is 0 Å². The van der Waals surface area contributed by atoms with E-state index in [4.69, 9.17) is 0 Å². The maximum absolute atomic E-state index is 2.64. The average molecular weight is 864 g/mol. The van der Waals surface area contributed by atoms with Crippen molar-refractivity contribution in [3.63, 3.8) is 0 Å². The molecule has 5 aliphatic rings. The normalized spacial score (nSPS) is 21.1. The molecule has 0 aliphatic heterocycles. The molecule has 1 heterocycles. The van der Waals surface area contributed by atoms with Gasteiger partial charge in [-0.05, 0) is 177 Å². The van der Waals surface area contributed by atoms with Gasteiger partial charge in [-0.25, -0.2) is 0 Å². The van der Waals surface area contributed by atoms with Crippen LogP contribution >= 0.6 is 11.3 Å². The summed E-state index contributed by atoms with van der Waals surface area (Å²) in [7, 11) is 0. The van der Waals surface area contributed by atoms with Gasteiger partial charge in [0.05, 0.1) is 0 Å². The van der Waals surface area contributed by atoms with Crippen LogP contribution in [0.15, 0.2) is 212 Å². The Kier molecular flexibility index (Phi) is 8.71. The summed E-state index contributed by atoms with van der Waals surface area (Å²) in [6, 6.07) is 79.7. The molecule has 2 heteroatoms. The van der Waals surface area contributed by atoms with Crippen molar-refractivity contribution in [3.8, 4) is 55.6 Å². The molecule has 4 saturated carbocycles. The lowest BCUT2D eigenvalue weighted by atomic mass is 9.43. The second kappa shape index (κ2) is 15.0. The van der Waals surface area contributed by atoms with E-state index in [1.54, 1.807) is 11.1 Å². The predicted molar refractivity (Wildman–Crippen MR) is 279 cm³/mol. The van der Waals surface area contributed by atoms with Crippen molar-refractivity contribution in [1.82, 2.24) is 0 Å². The van der Waals surface area contributed by atoms with Gasteiger partial charge >= 0.3 is 0 Å². The Morgan fingerprint density at radius 2 is 0.864 bits per heavy atom. The van der Waals surface area contributed by atoms with Crippen LogP contribution in [0.3, 0.4) is 0 Å². The van der Waals surface area contributed by atoms with Gasteiger partial charge in [0.2, 0.25) is 0 Å². The van der Waals surface area contributed by atoms with Crippen LogP contribution in [-0.2, 0) is 5.41 Å². The second-order valence-electron chi connectivity index (χ2n) is 19.7. The van der Waals surface area contributed by atoms with E-state index >= 15 is 0 Å². The summed E-state index contributed by atoms with van der Waals surface area (Å²) in [4.78, 5) is 2.44. The first-order chi connectivity index (χ1) is 32.7. The van der Waals surface area contributed by atoms with E-state index in [9.17, 15) is 0 Å². The molecule has 4 bridgehead atoms. The first-order valence-electron chi connectivity index (χ1n) is 24.1. The van der Waals surface area contributed by atoms with Crippen LogP contribution in [-0.4, -0.2) is 0 Å². The Bertz CT molecular complexity index is 3450. The molecule has 0 amide bonds. The molecule has 5 aliphatic carbocycles. The van der Waals surface area contributed by atoms with Gasteiger partial charge in [0.15, 0.2) is 0 Å². The molecule has 4 fully saturated rings. The van der Waals surface area contributed by atoms with Gasteiger partial charge in [0, 0.05) is 42.6 Å². The van der Waals surface area contributed by atoms with E-state index < -0.39 is 0 Å². The van der Waals surface area contributed by atoms with Crippen molar-refractivity contribution in [2.45, 2.75) is 37.5 Å². The third-order valence-corrected chi connectivity index (χ3v) is 17.4. The number of hydrogen-bond donors (Lipinski definition) is 0. The molecule has 15 rings (SSSR count). The van der Waals surface area contributed by atoms with Crippen LogP contribution in [0.25, 0.3) is 75.8 Å². The van der Waals surface area contributed by atoms with E-state index in [0.29, 0.717) is 0 Å². The Morgan fingerprint density at radius 3 is 1.59 bits per heavy atom. The summed E-state index contributed by atoms with van der Waals surface area (Å²) >= 11 is 1.92. The molecule has 0 atom stereocenters. The van der Waals surface area contributed by atoms with Crippen LogP contribution in [0.2, 0.25) is 0 Å². The Balaban J connectivity index is 0.882. The van der Waals surface area contributed by atoms with Crippen molar-refractivity contribution >= 4 is 48.6 Å². The van der Waals surface area contributed by atoms with Crippen molar-refractivity contribution in [3.05, 3.63) is 223 Å². The topological polar surface area (TPSA) is 3.24 Å². The number of fused-ring (bicyclic) bond motifs is 6. The van der Waals surface area contributed by atoms with Crippen LogP contribution in [0.5, 0.6) is 0 Å². The van der Waals surface area contributed by atoms with Gasteiger partial charge in [0.1, 0.15) is 0 Å². The minimum Gasteiger partial charge on any atom is -0.310 e. The van der Waals surface area contributed by atoms with Gasteiger partial charge in [-0.15, -0.1) is 11.3 Å². The second-order valence-corrected chi connectivity index (χ2v) is 20.8. The summed E-state index contributed by atoms with van der Waals surface area (Å²) in [6.07, 6.45) is 7.11. The lowest BCUT2D eigenvalue weighted by molar-refractivity contribution is -0.0399. The van der Waals surface area contributed by atoms with Crippen LogP contribution in [0, 0.1) is 23.7 Å². The fourth-order valence-electron chi connectivity index (χ4n) is 13.7. The molecular weight excluding hydrogens is 815 g/mol. The highest BCUT2D eigenvalue weighted by atomic mass is 32.1. The Morgan fingerprint density at radius 1 is 0.333 bits per heavy atom. The third kappa shape index (κ3) is 5.90. The molecule has 316 valence electrons. The van der Waals surface area contributed by atoms with Crippen molar-refractivity contribution < 1.29 is 0 Å².